The predicted molar refractivity (Wildman–Crippen MR) is 124 cm³/mol. The molecular weight excluding hydrogens is 460 g/mol. The number of pyridine rings is 1. The van der Waals surface area contributed by atoms with E-state index in [1.54, 1.807) is 12.4 Å². The number of morpholine rings is 1. The molecule has 1 saturated heterocycles. The van der Waals surface area contributed by atoms with E-state index in [9.17, 15) is 0 Å². The van der Waals surface area contributed by atoms with Gasteiger partial charge in [0.15, 0.2) is 5.82 Å². The number of rotatable bonds is 8. The number of hydrogen-bond acceptors (Lipinski definition) is 8. The second-order valence-corrected chi connectivity index (χ2v) is 7.75. The quantitative estimate of drug-likeness (QED) is 0.388. The van der Waals surface area contributed by atoms with Gasteiger partial charge in [0.05, 0.1) is 26.0 Å². The summed E-state index contributed by atoms with van der Waals surface area (Å²) in [6.45, 7) is 3.31. The van der Waals surface area contributed by atoms with Gasteiger partial charge in [0.1, 0.15) is 5.82 Å². The van der Waals surface area contributed by atoms with E-state index in [0.29, 0.717) is 38.1 Å². The maximum Gasteiger partial charge on any atom is 0.320 e. The molecule has 0 bridgehead atoms. The normalized spacial score (nSPS) is 14.0. The van der Waals surface area contributed by atoms with E-state index < -0.39 is 0 Å². The van der Waals surface area contributed by atoms with Gasteiger partial charge in [-0.2, -0.15) is 15.1 Å². The minimum Gasteiger partial charge on any atom is -0.463 e. The number of hydrazone groups is 1. The van der Waals surface area contributed by atoms with Gasteiger partial charge in [-0.3, -0.25) is 10.4 Å². The topological polar surface area (TPSA) is 84.8 Å². The van der Waals surface area contributed by atoms with Crippen LogP contribution in [0, 0.1) is 0 Å². The van der Waals surface area contributed by atoms with Crippen molar-refractivity contribution in [2.45, 2.75) is 6.42 Å². The van der Waals surface area contributed by atoms with Gasteiger partial charge in [0.25, 0.3) is 0 Å². The van der Waals surface area contributed by atoms with E-state index in [1.165, 1.54) is 0 Å². The Bertz CT molecular complexity index is 1010. The Kier molecular flexibility index (Phi) is 7.41. The molecule has 3 aromatic rings. The van der Waals surface area contributed by atoms with E-state index in [2.05, 4.69) is 46.3 Å². The second kappa shape index (κ2) is 10.8. The molecule has 1 aliphatic heterocycles. The lowest BCUT2D eigenvalue weighted by atomic mass is 10.2. The van der Waals surface area contributed by atoms with Crippen LogP contribution >= 0.6 is 15.9 Å². The summed E-state index contributed by atoms with van der Waals surface area (Å²) in [5, 5.41) is 4.31. The summed E-state index contributed by atoms with van der Waals surface area (Å²) < 4.78 is 12.3. The summed E-state index contributed by atoms with van der Waals surface area (Å²) in [6, 6.07) is 15.9. The van der Waals surface area contributed by atoms with Crippen molar-refractivity contribution in [2.75, 3.05) is 43.2 Å². The summed E-state index contributed by atoms with van der Waals surface area (Å²) in [5.74, 6) is 1.35. The van der Waals surface area contributed by atoms with Crippen LogP contribution in [-0.4, -0.2) is 54.1 Å². The van der Waals surface area contributed by atoms with Crippen molar-refractivity contribution in [1.29, 1.82) is 0 Å². The van der Waals surface area contributed by atoms with E-state index >= 15 is 0 Å². The molecule has 3 heterocycles. The third-order valence-corrected chi connectivity index (χ3v) is 5.08. The number of ether oxygens (including phenoxy) is 2. The Morgan fingerprint density at radius 1 is 1.13 bits per heavy atom. The van der Waals surface area contributed by atoms with Crippen LogP contribution in [0.25, 0.3) is 0 Å². The number of nitrogens with zero attached hydrogens (tertiary/aromatic N) is 5. The maximum atomic E-state index is 5.84. The first-order valence-corrected chi connectivity index (χ1v) is 10.8. The number of benzene rings is 1. The van der Waals surface area contributed by atoms with E-state index in [-0.39, 0.29) is 0 Å². The summed E-state index contributed by atoms with van der Waals surface area (Å²) in [7, 11) is 0. The highest BCUT2D eigenvalue weighted by Crippen LogP contribution is 2.21. The average molecular weight is 483 g/mol. The zero-order chi connectivity index (χ0) is 21.3. The number of halogens is 1. The summed E-state index contributed by atoms with van der Waals surface area (Å²) >= 11 is 3.46. The fourth-order valence-corrected chi connectivity index (χ4v) is 3.46. The molecule has 0 aliphatic carbocycles. The van der Waals surface area contributed by atoms with Crippen LogP contribution in [0.5, 0.6) is 6.01 Å². The zero-order valence-electron chi connectivity index (χ0n) is 16.9. The van der Waals surface area contributed by atoms with Gasteiger partial charge in [0.2, 0.25) is 0 Å². The van der Waals surface area contributed by atoms with Gasteiger partial charge in [-0.15, -0.1) is 0 Å². The Balaban J connectivity index is 1.46. The molecule has 0 amide bonds. The molecule has 4 rings (SSSR count). The predicted octanol–water partition coefficient (Wildman–Crippen LogP) is 3.54. The van der Waals surface area contributed by atoms with Crippen molar-refractivity contribution in [3.05, 3.63) is 70.5 Å². The third kappa shape index (κ3) is 6.47. The van der Waals surface area contributed by atoms with E-state index in [0.717, 1.165) is 34.6 Å². The molecule has 8 nitrogen and oxygen atoms in total. The largest absolute Gasteiger partial charge is 0.463 e. The second-order valence-electron chi connectivity index (χ2n) is 6.84. The zero-order valence-corrected chi connectivity index (χ0v) is 18.5. The molecule has 0 spiro atoms. The highest BCUT2D eigenvalue weighted by Gasteiger charge is 2.15. The fraction of sp³-hybridized carbons (Fsp3) is 0.273. The standard InChI is InChI=1S/C22H23BrN6O2/c23-18-5-3-4-17(14-18)16-25-28-20-15-21(29-9-12-30-13-10-29)27-22(26-20)31-11-7-19-6-1-2-8-24-19/h1-6,8,14-16H,7,9-13H2,(H,26,27,28)/b25-16+. The van der Waals surface area contributed by atoms with Gasteiger partial charge >= 0.3 is 6.01 Å². The molecule has 0 saturated carbocycles. The SMILES string of the molecule is Brc1cccc(/C=N/Nc2cc(N3CCOCC3)nc(OCCc3ccccn3)n2)c1. The van der Waals surface area contributed by atoms with Gasteiger partial charge in [-0.05, 0) is 29.8 Å². The van der Waals surface area contributed by atoms with Gasteiger partial charge in [0, 0.05) is 41.9 Å². The lowest BCUT2D eigenvalue weighted by Crippen LogP contribution is -2.36. The first-order chi connectivity index (χ1) is 15.3. The average Bonchev–Trinajstić information content (AvgIpc) is 2.80. The highest BCUT2D eigenvalue weighted by atomic mass is 79.9. The number of nitrogens with one attached hydrogen (secondary N) is 1. The minimum absolute atomic E-state index is 0.306. The molecule has 2 aromatic heterocycles. The van der Waals surface area contributed by atoms with Crippen molar-refractivity contribution < 1.29 is 9.47 Å². The Hall–Kier alpha value is -3.04. The Labute approximate surface area is 189 Å². The Morgan fingerprint density at radius 2 is 2.03 bits per heavy atom. The number of aromatic nitrogens is 3. The Morgan fingerprint density at radius 3 is 2.84 bits per heavy atom. The first-order valence-electron chi connectivity index (χ1n) is 10.1. The minimum atomic E-state index is 0.306. The highest BCUT2D eigenvalue weighted by molar-refractivity contribution is 9.10. The lowest BCUT2D eigenvalue weighted by molar-refractivity contribution is 0.122. The number of hydrogen-bond donors (Lipinski definition) is 1. The van der Waals surface area contributed by atoms with Crippen LogP contribution in [0.2, 0.25) is 0 Å². The summed E-state index contributed by atoms with van der Waals surface area (Å²) in [5.41, 5.74) is 4.92. The molecule has 160 valence electrons. The van der Waals surface area contributed by atoms with Crippen LogP contribution in [-0.2, 0) is 11.2 Å². The smallest absolute Gasteiger partial charge is 0.320 e. The molecule has 0 atom stereocenters. The van der Waals surface area contributed by atoms with Crippen LogP contribution in [0.3, 0.4) is 0 Å². The lowest BCUT2D eigenvalue weighted by Gasteiger charge is -2.28. The molecule has 1 fully saturated rings. The van der Waals surface area contributed by atoms with Crippen molar-refractivity contribution in [3.63, 3.8) is 0 Å². The van der Waals surface area contributed by atoms with Crippen molar-refractivity contribution in [2.24, 2.45) is 5.10 Å². The third-order valence-electron chi connectivity index (χ3n) is 4.58. The number of anilines is 2. The molecular formula is C22H23BrN6O2. The molecule has 0 radical (unpaired) electrons. The van der Waals surface area contributed by atoms with Crippen molar-refractivity contribution >= 4 is 33.8 Å². The van der Waals surface area contributed by atoms with Crippen LogP contribution in [0.15, 0.2) is 64.3 Å². The van der Waals surface area contributed by atoms with Gasteiger partial charge in [-0.1, -0.05) is 34.1 Å². The van der Waals surface area contributed by atoms with Crippen LogP contribution in [0.1, 0.15) is 11.3 Å². The summed E-state index contributed by atoms with van der Waals surface area (Å²) in [6.07, 6.45) is 4.19. The van der Waals surface area contributed by atoms with Crippen molar-refractivity contribution in [3.8, 4) is 6.01 Å². The molecule has 0 unspecified atom stereocenters. The molecule has 1 aliphatic rings. The van der Waals surface area contributed by atoms with Crippen LogP contribution < -0.4 is 15.1 Å². The van der Waals surface area contributed by atoms with Gasteiger partial charge < -0.3 is 14.4 Å². The summed E-state index contributed by atoms with van der Waals surface area (Å²) in [4.78, 5) is 15.5. The van der Waals surface area contributed by atoms with Gasteiger partial charge in [-0.25, -0.2) is 0 Å². The first kappa shape index (κ1) is 21.2. The molecule has 9 heteroatoms. The molecule has 31 heavy (non-hydrogen) atoms. The monoisotopic (exact) mass is 482 g/mol. The maximum absolute atomic E-state index is 5.84. The molecule has 1 N–H and O–H groups in total. The fourth-order valence-electron chi connectivity index (χ4n) is 3.04. The van der Waals surface area contributed by atoms with Crippen molar-refractivity contribution in [1.82, 2.24) is 15.0 Å². The van der Waals surface area contributed by atoms with E-state index in [4.69, 9.17) is 9.47 Å². The van der Waals surface area contributed by atoms with E-state index in [1.807, 2.05) is 48.5 Å². The van der Waals surface area contributed by atoms with Crippen LogP contribution in [0.4, 0.5) is 11.6 Å². The molecule has 1 aromatic carbocycles.